The quantitative estimate of drug-likeness (QED) is 0.911. The van der Waals surface area contributed by atoms with Crippen LogP contribution in [0.2, 0.25) is 0 Å². The first-order valence-corrected chi connectivity index (χ1v) is 6.75. The number of nitrogens with zero attached hydrogens (tertiary/aromatic N) is 2. The minimum atomic E-state index is -0.870. The van der Waals surface area contributed by atoms with Gasteiger partial charge in [0.15, 0.2) is 0 Å². The van der Waals surface area contributed by atoms with Crippen LogP contribution in [-0.2, 0) is 11.2 Å². The number of carboxylic acid groups (broad SMARTS) is 1. The lowest BCUT2D eigenvalue weighted by Gasteiger charge is -2.19. The molecule has 1 N–H and O–H groups in total. The average Bonchev–Trinajstić information content (AvgIpc) is 2.91. The maximum absolute atomic E-state index is 12.2. The molecule has 6 nitrogen and oxygen atoms in total. The van der Waals surface area contributed by atoms with Gasteiger partial charge in [-0.15, -0.1) is 0 Å². The summed E-state index contributed by atoms with van der Waals surface area (Å²) < 4.78 is 6.89. The van der Waals surface area contributed by atoms with Crippen molar-refractivity contribution in [3.05, 3.63) is 51.6 Å². The Hall–Kier alpha value is -2.37. The number of aliphatic carboxylic acids is 1. The van der Waals surface area contributed by atoms with Crippen molar-refractivity contribution in [2.24, 2.45) is 0 Å². The Bertz CT molecular complexity index is 701. The fourth-order valence-corrected chi connectivity index (χ4v) is 2.52. The van der Waals surface area contributed by atoms with Crippen LogP contribution in [0.25, 0.3) is 0 Å². The van der Waals surface area contributed by atoms with Crippen LogP contribution in [0.1, 0.15) is 42.1 Å². The monoisotopic (exact) mass is 290 g/mol. The van der Waals surface area contributed by atoms with Gasteiger partial charge in [0, 0.05) is 17.8 Å². The number of aromatic nitrogens is 2. The van der Waals surface area contributed by atoms with Crippen molar-refractivity contribution in [2.75, 3.05) is 0 Å². The third-order valence-electron chi connectivity index (χ3n) is 3.64. The van der Waals surface area contributed by atoms with Gasteiger partial charge < -0.3 is 9.52 Å². The Balaban J connectivity index is 2.48. The number of furan rings is 1. The molecule has 112 valence electrons. The van der Waals surface area contributed by atoms with Gasteiger partial charge in [-0.2, -0.15) is 4.98 Å². The SMILES string of the molecule is Cc1nc(=O)n(C(C)c2ccco2)c(C)c1CCC(=O)O. The van der Waals surface area contributed by atoms with Gasteiger partial charge in [0.1, 0.15) is 5.76 Å². The van der Waals surface area contributed by atoms with E-state index in [1.165, 1.54) is 0 Å². The van der Waals surface area contributed by atoms with Gasteiger partial charge in [0.2, 0.25) is 0 Å². The van der Waals surface area contributed by atoms with Crippen molar-refractivity contribution in [2.45, 2.75) is 39.7 Å². The number of carboxylic acids is 1. The maximum atomic E-state index is 12.2. The van der Waals surface area contributed by atoms with Gasteiger partial charge in [0.25, 0.3) is 0 Å². The molecule has 0 amide bonds. The van der Waals surface area contributed by atoms with Crippen LogP contribution in [0, 0.1) is 13.8 Å². The molecule has 2 heterocycles. The van der Waals surface area contributed by atoms with Crippen molar-refractivity contribution in [1.82, 2.24) is 9.55 Å². The average molecular weight is 290 g/mol. The molecular formula is C15H18N2O4. The lowest BCUT2D eigenvalue weighted by atomic mass is 10.1. The molecule has 2 aromatic heterocycles. The van der Waals surface area contributed by atoms with E-state index in [0.717, 1.165) is 11.3 Å². The summed E-state index contributed by atoms with van der Waals surface area (Å²) in [6.07, 6.45) is 1.92. The Labute approximate surface area is 122 Å². The second-order valence-corrected chi connectivity index (χ2v) is 5.00. The van der Waals surface area contributed by atoms with Gasteiger partial charge in [-0.25, -0.2) is 4.79 Å². The molecule has 0 bridgehead atoms. The van der Waals surface area contributed by atoms with Crippen molar-refractivity contribution in [1.29, 1.82) is 0 Å². The van der Waals surface area contributed by atoms with E-state index < -0.39 is 5.97 Å². The molecule has 0 aliphatic rings. The highest BCUT2D eigenvalue weighted by molar-refractivity contribution is 5.67. The predicted octanol–water partition coefficient (Wildman–Crippen LogP) is 2.08. The molecule has 2 aromatic rings. The summed E-state index contributed by atoms with van der Waals surface area (Å²) in [6.45, 7) is 5.39. The van der Waals surface area contributed by atoms with Crippen LogP contribution >= 0.6 is 0 Å². The molecule has 0 saturated carbocycles. The summed E-state index contributed by atoms with van der Waals surface area (Å²) in [7, 11) is 0. The third kappa shape index (κ3) is 3.04. The van der Waals surface area contributed by atoms with Gasteiger partial charge in [0.05, 0.1) is 12.3 Å². The number of hydrogen-bond acceptors (Lipinski definition) is 4. The van der Waals surface area contributed by atoms with Crippen molar-refractivity contribution in [3.63, 3.8) is 0 Å². The third-order valence-corrected chi connectivity index (χ3v) is 3.64. The summed E-state index contributed by atoms with van der Waals surface area (Å²) in [6, 6.07) is 3.27. The maximum Gasteiger partial charge on any atom is 0.348 e. The first-order valence-electron chi connectivity index (χ1n) is 6.75. The van der Waals surface area contributed by atoms with E-state index in [1.54, 1.807) is 29.9 Å². The van der Waals surface area contributed by atoms with Gasteiger partial charge in [-0.05, 0) is 44.9 Å². The standard InChI is InChI=1S/C15H18N2O4/c1-9-12(6-7-14(18)19)10(2)17(15(20)16-9)11(3)13-5-4-8-21-13/h4-5,8,11H,6-7H2,1-3H3,(H,18,19). The van der Waals surface area contributed by atoms with Crippen molar-refractivity contribution >= 4 is 5.97 Å². The summed E-state index contributed by atoms with van der Waals surface area (Å²) in [5.74, 6) is -0.208. The summed E-state index contributed by atoms with van der Waals surface area (Å²) in [4.78, 5) is 27.0. The predicted molar refractivity (Wildman–Crippen MR) is 76.4 cm³/mol. The molecule has 0 aliphatic heterocycles. The molecule has 6 heteroatoms. The first-order chi connectivity index (χ1) is 9.91. The molecule has 0 aliphatic carbocycles. The summed E-state index contributed by atoms with van der Waals surface area (Å²) in [5.41, 5.74) is 1.77. The van der Waals surface area contributed by atoms with Crippen LogP contribution in [0.4, 0.5) is 0 Å². The number of rotatable bonds is 5. The number of aryl methyl sites for hydroxylation is 1. The zero-order valence-electron chi connectivity index (χ0n) is 12.3. The van der Waals surface area contributed by atoms with E-state index in [-0.39, 0.29) is 18.2 Å². The Morgan fingerprint density at radius 1 is 1.48 bits per heavy atom. The van der Waals surface area contributed by atoms with E-state index in [2.05, 4.69) is 4.98 Å². The fourth-order valence-electron chi connectivity index (χ4n) is 2.52. The highest BCUT2D eigenvalue weighted by Crippen LogP contribution is 2.21. The van der Waals surface area contributed by atoms with E-state index in [9.17, 15) is 9.59 Å². The smallest absolute Gasteiger partial charge is 0.348 e. The van der Waals surface area contributed by atoms with E-state index in [4.69, 9.17) is 9.52 Å². The highest BCUT2D eigenvalue weighted by atomic mass is 16.4. The Morgan fingerprint density at radius 2 is 2.19 bits per heavy atom. The van der Waals surface area contributed by atoms with Gasteiger partial charge in [-0.1, -0.05) is 0 Å². The zero-order chi connectivity index (χ0) is 15.6. The van der Waals surface area contributed by atoms with Gasteiger partial charge >= 0.3 is 11.7 Å². The fraction of sp³-hybridized carbons (Fsp3) is 0.400. The molecule has 0 spiro atoms. The van der Waals surface area contributed by atoms with Crippen LogP contribution < -0.4 is 5.69 Å². The Kier molecular flexibility index (Phi) is 4.26. The largest absolute Gasteiger partial charge is 0.481 e. The topological polar surface area (TPSA) is 85.3 Å². The number of hydrogen-bond donors (Lipinski definition) is 1. The molecule has 1 atom stereocenters. The van der Waals surface area contributed by atoms with E-state index in [1.807, 2.05) is 13.8 Å². The molecule has 2 rings (SSSR count). The number of carbonyl (C=O) groups is 1. The van der Waals surface area contributed by atoms with E-state index in [0.29, 0.717) is 17.9 Å². The first kappa shape index (κ1) is 15.0. The van der Waals surface area contributed by atoms with E-state index >= 15 is 0 Å². The van der Waals surface area contributed by atoms with Crippen molar-refractivity contribution < 1.29 is 14.3 Å². The normalized spacial score (nSPS) is 12.3. The van der Waals surface area contributed by atoms with Gasteiger partial charge in [-0.3, -0.25) is 9.36 Å². The molecule has 0 fully saturated rings. The second-order valence-electron chi connectivity index (χ2n) is 5.00. The summed E-state index contributed by atoms with van der Waals surface area (Å²) >= 11 is 0. The zero-order valence-corrected chi connectivity index (χ0v) is 12.3. The molecule has 21 heavy (non-hydrogen) atoms. The minimum Gasteiger partial charge on any atom is -0.481 e. The Morgan fingerprint density at radius 3 is 2.76 bits per heavy atom. The van der Waals surface area contributed by atoms with Crippen LogP contribution in [-0.4, -0.2) is 20.6 Å². The molecule has 0 aromatic carbocycles. The lowest BCUT2D eigenvalue weighted by molar-refractivity contribution is -0.136. The highest BCUT2D eigenvalue weighted by Gasteiger charge is 2.19. The van der Waals surface area contributed by atoms with Crippen molar-refractivity contribution in [3.8, 4) is 0 Å². The van der Waals surface area contributed by atoms with Crippen LogP contribution in [0.15, 0.2) is 27.6 Å². The minimum absolute atomic E-state index is 0.0106. The second kappa shape index (κ2) is 5.95. The molecule has 1 unspecified atom stereocenters. The molecule has 0 radical (unpaired) electrons. The molecular weight excluding hydrogens is 272 g/mol. The lowest BCUT2D eigenvalue weighted by Crippen LogP contribution is -2.30. The van der Waals surface area contributed by atoms with Crippen LogP contribution in [0.5, 0.6) is 0 Å². The summed E-state index contributed by atoms with van der Waals surface area (Å²) in [5, 5.41) is 8.84. The molecule has 0 saturated heterocycles. The van der Waals surface area contributed by atoms with Crippen LogP contribution in [0.3, 0.4) is 0 Å².